The quantitative estimate of drug-likeness (QED) is 0.260. The number of benzene rings is 2. The first-order valence-electron chi connectivity index (χ1n) is 10.2. The Labute approximate surface area is 230 Å². The Bertz CT molecular complexity index is 1230. The molecule has 0 saturated heterocycles. The SMILES string of the molecule is Cc1[nH]c(C(=O)Nc2ccc(C(N)=O)cc2OCc2ccc(C(=O)NCCN)cc2)c(Cl)c1Cl.Cl.Cl. The Kier molecular flexibility index (Phi) is 12.1. The molecule has 194 valence electrons. The number of anilines is 1. The molecule has 0 fully saturated rings. The minimum atomic E-state index is -0.648. The van der Waals surface area contributed by atoms with Crippen molar-refractivity contribution in [2.45, 2.75) is 13.5 Å². The summed E-state index contributed by atoms with van der Waals surface area (Å²) >= 11 is 12.2. The van der Waals surface area contributed by atoms with Crippen molar-refractivity contribution in [3.63, 3.8) is 0 Å². The summed E-state index contributed by atoms with van der Waals surface area (Å²) in [7, 11) is 0. The Hall–Kier alpha value is -2.95. The molecule has 0 aliphatic rings. The molecule has 0 unspecified atom stereocenters. The van der Waals surface area contributed by atoms with Crippen molar-refractivity contribution < 1.29 is 19.1 Å². The van der Waals surface area contributed by atoms with E-state index in [1.54, 1.807) is 31.2 Å². The van der Waals surface area contributed by atoms with E-state index in [1.165, 1.54) is 18.2 Å². The van der Waals surface area contributed by atoms with Gasteiger partial charge in [-0.3, -0.25) is 14.4 Å². The molecule has 3 aromatic rings. The monoisotopic (exact) mass is 575 g/mol. The maximum absolute atomic E-state index is 12.7. The smallest absolute Gasteiger partial charge is 0.273 e. The molecule has 1 heterocycles. The van der Waals surface area contributed by atoms with Gasteiger partial charge in [-0.05, 0) is 42.8 Å². The molecule has 7 N–H and O–H groups in total. The minimum Gasteiger partial charge on any atom is -0.487 e. The van der Waals surface area contributed by atoms with Crippen LogP contribution in [0.3, 0.4) is 0 Å². The van der Waals surface area contributed by atoms with Crippen molar-refractivity contribution in [2.75, 3.05) is 18.4 Å². The number of aromatic amines is 1. The number of amides is 3. The molecule has 2 aromatic carbocycles. The predicted molar refractivity (Wildman–Crippen MR) is 145 cm³/mol. The van der Waals surface area contributed by atoms with Gasteiger partial charge < -0.3 is 31.8 Å². The average Bonchev–Trinajstić information content (AvgIpc) is 3.09. The van der Waals surface area contributed by atoms with E-state index in [4.69, 9.17) is 39.4 Å². The fourth-order valence-corrected chi connectivity index (χ4v) is 3.43. The van der Waals surface area contributed by atoms with E-state index < -0.39 is 11.8 Å². The third kappa shape index (κ3) is 7.52. The number of hydrogen-bond donors (Lipinski definition) is 5. The summed E-state index contributed by atoms with van der Waals surface area (Å²) in [6.45, 7) is 2.52. The fraction of sp³-hybridized carbons (Fsp3) is 0.174. The van der Waals surface area contributed by atoms with Gasteiger partial charge in [-0.1, -0.05) is 35.3 Å². The van der Waals surface area contributed by atoms with E-state index in [9.17, 15) is 14.4 Å². The Morgan fingerprint density at radius 1 is 0.972 bits per heavy atom. The molecule has 0 aliphatic heterocycles. The van der Waals surface area contributed by atoms with Crippen molar-refractivity contribution in [1.29, 1.82) is 0 Å². The second kappa shape index (κ2) is 14.0. The van der Waals surface area contributed by atoms with Crippen LogP contribution in [0, 0.1) is 6.92 Å². The zero-order valence-electron chi connectivity index (χ0n) is 19.0. The van der Waals surface area contributed by atoms with Gasteiger partial charge in [0, 0.05) is 29.9 Å². The third-order valence-corrected chi connectivity index (χ3v) is 5.78. The molecule has 36 heavy (non-hydrogen) atoms. The summed E-state index contributed by atoms with van der Waals surface area (Å²) in [6.07, 6.45) is 0. The molecule has 1 aromatic heterocycles. The highest BCUT2D eigenvalue weighted by molar-refractivity contribution is 6.44. The molecule has 3 rings (SSSR count). The lowest BCUT2D eigenvalue weighted by atomic mass is 10.1. The zero-order valence-corrected chi connectivity index (χ0v) is 22.2. The van der Waals surface area contributed by atoms with Gasteiger partial charge in [0.2, 0.25) is 5.91 Å². The second-order valence-corrected chi connectivity index (χ2v) is 8.07. The standard InChI is InChI=1S/C23H23Cl2N5O4.2ClH/c1-12-18(24)19(25)20(29-12)23(33)30-16-7-6-15(21(27)31)10-17(16)34-11-13-2-4-14(5-3-13)22(32)28-9-8-26;;/h2-7,10,29H,8-9,11,26H2,1H3,(H2,27,31)(H,28,32)(H,30,33);2*1H. The second-order valence-electron chi connectivity index (χ2n) is 7.31. The first-order chi connectivity index (χ1) is 16.2. The normalized spacial score (nSPS) is 10.0. The fourth-order valence-electron chi connectivity index (χ4n) is 3.01. The number of hydrogen-bond acceptors (Lipinski definition) is 5. The summed E-state index contributed by atoms with van der Waals surface area (Å²) in [6, 6.07) is 11.2. The molecule has 13 heteroatoms. The Morgan fingerprint density at radius 3 is 2.17 bits per heavy atom. The van der Waals surface area contributed by atoms with Crippen molar-refractivity contribution >= 4 is 71.4 Å². The van der Waals surface area contributed by atoms with E-state index >= 15 is 0 Å². The molecule has 3 amide bonds. The van der Waals surface area contributed by atoms with Gasteiger partial charge >= 0.3 is 0 Å². The van der Waals surface area contributed by atoms with Gasteiger partial charge in [0.15, 0.2) is 0 Å². The van der Waals surface area contributed by atoms with Crippen LogP contribution in [0.4, 0.5) is 5.69 Å². The molecule has 0 radical (unpaired) electrons. The van der Waals surface area contributed by atoms with Gasteiger partial charge in [-0.2, -0.15) is 0 Å². The van der Waals surface area contributed by atoms with Gasteiger partial charge in [-0.15, -0.1) is 24.8 Å². The number of aryl methyl sites for hydroxylation is 1. The number of carbonyl (C=O) groups is 3. The van der Waals surface area contributed by atoms with Crippen LogP contribution in [0.15, 0.2) is 42.5 Å². The van der Waals surface area contributed by atoms with E-state index in [0.29, 0.717) is 30.0 Å². The number of aromatic nitrogens is 1. The van der Waals surface area contributed by atoms with E-state index in [2.05, 4.69) is 15.6 Å². The highest BCUT2D eigenvalue weighted by Crippen LogP contribution is 2.31. The number of carbonyl (C=O) groups excluding carboxylic acids is 3. The summed E-state index contributed by atoms with van der Waals surface area (Å²) in [4.78, 5) is 39.2. The summed E-state index contributed by atoms with van der Waals surface area (Å²) in [5.41, 5.74) is 13.2. The van der Waals surface area contributed by atoms with Crippen LogP contribution in [0.25, 0.3) is 0 Å². The highest BCUT2D eigenvalue weighted by Gasteiger charge is 2.20. The maximum atomic E-state index is 12.7. The Balaban J connectivity index is 0.00000324. The lowest BCUT2D eigenvalue weighted by Gasteiger charge is -2.14. The van der Waals surface area contributed by atoms with E-state index in [1.807, 2.05) is 0 Å². The number of halogens is 4. The predicted octanol–water partition coefficient (Wildman–Crippen LogP) is 4.09. The van der Waals surface area contributed by atoms with Crippen LogP contribution in [0.5, 0.6) is 5.75 Å². The van der Waals surface area contributed by atoms with Gasteiger partial charge in [0.05, 0.1) is 15.7 Å². The van der Waals surface area contributed by atoms with Crippen LogP contribution < -0.4 is 26.8 Å². The number of ether oxygens (including phenoxy) is 1. The van der Waals surface area contributed by atoms with Crippen LogP contribution in [0.2, 0.25) is 10.0 Å². The van der Waals surface area contributed by atoms with Crippen LogP contribution in [-0.2, 0) is 6.61 Å². The summed E-state index contributed by atoms with van der Waals surface area (Å²) < 4.78 is 5.87. The first-order valence-corrected chi connectivity index (χ1v) is 11.0. The topological polar surface area (TPSA) is 152 Å². The van der Waals surface area contributed by atoms with Crippen molar-refractivity contribution in [3.8, 4) is 5.75 Å². The van der Waals surface area contributed by atoms with Gasteiger partial charge in [0.1, 0.15) is 18.1 Å². The van der Waals surface area contributed by atoms with Crippen molar-refractivity contribution in [1.82, 2.24) is 10.3 Å². The lowest BCUT2D eigenvalue weighted by molar-refractivity contribution is 0.0952. The molecular weight excluding hydrogens is 552 g/mol. The van der Waals surface area contributed by atoms with E-state index in [-0.39, 0.29) is 64.4 Å². The lowest BCUT2D eigenvalue weighted by Crippen LogP contribution is -2.28. The summed E-state index contributed by atoms with van der Waals surface area (Å²) in [5.74, 6) is -1.19. The number of nitrogens with one attached hydrogen (secondary N) is 3. The van der Waals surface area contributed by atoms with Crippen LogP contribution in [0.1, 0.15) is 42.5 Å². The molecule has 0 atom stereocenters. The van der Waals surface area contributed by atoms with E-state index in [0.717, 1.165) is 5.56 Å². The third-order valence-electron chi connectivity index (χ3n) is 4.84. The van der Waals surface area contributed by atoms with Crippen molar-refractivity contribution in [3.05, 3.63) is 80.6 Å². The number of primary amides is 1. The number of H-pyrrole nitrogens is 1. The number of rotatable bonds is 9. The van der Waals surface area contributed by atoms with Gasteiger partial charge in [-0.25, -0.2) is 0 Å². The van der Waals surface area contributed by atoms with Crippen LogP contribution >= 0.6 is 48.0 Å². The molecule has 0 saturated carbocycles. The molecule has 0 spiro atoms. The maximum Gasteiger partial charge on any atom is 0.273 e. The first kappa shape index (κ1) is 31.1. The molecule has 0 aliphatic carbocycles. The molecular formula is C23H25Cl4N5O4. The molecule has 0 bridgehead atoms. The zero-order chi connectivity index (χ0) is 24.8. The Morgan fingerprint density at radius 2 is 1.61 bits per heavy atom. The number of nitrogens with two attached hydrogens (primary N) is 2. The van der Waals surface area contributed by atoms with Crippen molar-refractivity contribution in [2.24, 2.45) is 11.5 Å². The molecule has 9 nitrogen and oxygen atoms in total. The highest BCUT2D eigenvalue weighted by atomic mass is 35.5. The van der Waals surface area contributed by atoms with Gasteiger partial charge in [0.25, 0.3) is 11.8 Å². The summed E-state index contributed by atoms with van der Waals surface area (Å²) in [5, 5.41) is 5.75. The minimum absolute atomic E-state index is 0. The van der Waals surface area contributed by atoms with Crippen LogP contribution in [-0.4, -0.2) is 35.8 Å². The average molecular weight is 577 g/mol. The largest absolute Gasteiger partial charge is 0.487 e.